The normalized spacial score (nSPS) is 10.2. The quantitative estimate of drug-likeness (QED) is 0.593. The van der Waals surface area contributed by atoms with E-state index in [-0.39, 0.29) is 0 Å². The van der Waals surface area contributed by atoms with Crippen LogP contribution in [0.5, 0.6) is 11.5 Å². The number of methoxy groups -OCH3 is 1. The maximum absolute atomic E-state index is 10.4. The third-order valence-corrected chi connectivity index (χ3v) is 1.88. The first-order valence-corrected chi connectivity index (χ1v) is 5.06. The zero-order valence-corrected chi connectivity index (χ0v) is 9.77. The molecule has 92 valence electrons. The average Bonchev–Trinajstić information content (AvgIpc) is 2.29. The van der Waals surface area contributed by atoms with E-state index in [1.54, 1.807) is 25.3 Å². The van der Waals surface area contributed by atoms with Crippen molar-refractivity contribution in [3.05, 3.63) is 23.8 Å². The lowest BCUT2D eigenvalue weighted by molar-refractivity contribution is 0.249. The van der Waals surface area contributed by atoms with Gasteiger partial charge in [-0.25, -0.2) is 10.2 Å². The summed E-state index contributed by atoms with van der Waals surface area (Å²) in [5, 5.41) is 3.65. The molecule has 0 atom stereocenters. The zero-order valence-electron chi connectivity index (χ0n) is 9.77. The van der Waals surface area contributed by atoms with Crippen LogP contribution < -0.4 is 20.6 Å². The number of primary amides is 1. The Morgan fingerprint density at radius 1 is 1.53 bits per heavy atom. The summed E-state index contributed by atoms with van der Waals surface area (Å²) >= 11 is 0. The number of nitrogens with zero attached hydrogens (tertiary/aromatic N) is 1. The fourth-order valence-electron chi connectivity index (χ4n) is 1.21. The van der Waals surface area contributed by atoms with Crippen LogP contribution in [0.4, 0.5) is 4.79 Å². The van der Waals surface area contributed by atoms with Crippen molar-refractivity contribution in [1.29, 1.82) is 0 Å². The summed E-state index contributed by atoms with van der Waals surface area (Å²) in [6.07, 6.45) is 1.46. The van der Waals surface area contributed by atoms with Crippen LogP contribution in [0.25, 0.3) is 0 Å². The van der Waals surface area contributed by atoms with Gasteiger partial charge in [0.05, 0.1) is 19.9 Å². The summed E-state index contributed by atoms with van der Waals surface area (Å²) in [5.74, 6) is 1.27. The van der Waals surface area contributed by atoms with Crippen LogP contribution >= 0.6 is 0 Å². The van der Waals surface area contributed by atoms with Crippen molar-refractivity contribution in [3.63, 3.8) is 0 Å². The molecule has 0 fully saturated rings. The summed E-state index contributed by atoms with van der Waals surface area (Å²) in [4.78, 5) is 10.4. The van der Waals surface area contributed by atoms with Gasteiger partial charge in [-0.1, -0.05) is 0 Å². The minimum Gasteiger partial charge on any atom is -0.493 e. The number of carbonyl (C=O) groups excluding carboxylic acids is 1. The highest BCUT2D eigenvalue weighted by Crippen LogP contribution is 2.27. The molecule has 2 amide bonds. The van der Waals surface area contributed by atoms with Crippen molar-refractivity contribution in [3.8, 4) is 11.5 Å². The Morgan fingerprint density at radius 2 is 2.29 bits per heavy atom. The molecular weight excluding hydrogens is 222 g/mol. The van der Waals surface area contributed by atoms with Gasteiger partial charge in [-0.15, -0.1) is 0 Å². The second kappa shape index (κ2) is 6.37. The first kappa shape index (κ1) is 12.8. The molecule has 0 aliphatic carbocycles. The molecule has 6 heteroatoms. The molecule has 0 aliphatic heterocycles. The molecule has 1 aromatic rings. The van der Waals surface area contributed by atoms with Crippen LogP contribution in [0.2, 0.25) is 0 Å². The largest absolute Gasteiger partial charge is 0.493 e. The summed E-state index contributed by atoms with van der Waals surface area (Å²) < 4.78 is 10.5. The second-order valence-electron chi connectivity index (χ2n) is 3.08. The molecule has 0 bridgehead atoms. The van der Waals surface area contributed by atoms with Crippen LogP contribution in [0.15, 0.2) is 23.3 Å². The molecule has 3 N–H and O–H groups in total. The van der Waals surface area contributed by atoms with Gasteiger partial charge in [0.1, 0.15) is 0 Å². The van der Waals surface area contributed by atoms with Gasteiger partial charge in [-0.3, -0.25) is 0 Å². The van der Waals surface area contributed by atoms with Crippen molar-refractivity contribution in [2.45, 2.75) is 6.92 Å². The number of benzene rings is 1. The van der Waals surface area contributed by atoms with Crippen molar-refractivity contribution < 1.29 is 14.3 Å². The fraction of sp³-hybridized carbons (Fsp3) is 0.273. The van der Waals surface area contributed by atoms with Crippen molar-refractivity contribution in [2.75, 3.05) is 13.7 Å². The number of carbonyl (C=O) groups is 1. The van der Waals surface area contributed by atoms with Gasteiger partial charge < -0.3 is 15.2 Å². The number of amides is 2. The SMILES string of the molecule is CCOc1cc(C=NNC(N)=O)ccc1OC. The molecule has 1 rings (SSSR count). The number of rotatable bonds is 5. The number of hydrazone groups is 1. The van der Waals surface area contributed by atoms with Crippen LogP contribution in [0.1, 0.15) is 12.5 Å². The van der Waals surface area contributed by atoms with Crippen LogP contribution in [-0.2, 0) is 0 Å². The smallest absolute Gasteiger partial charge is 0.332 e. The van der Waals surface area contributed by atoms with Crippen molar-refractivity contribution >= 4 is 12.2 Å². The molecule has 17 heavy (non-hydrogen) atoms. The minimum absolute atomic E-state index is 0.538. The Balaban J connectivity index is 2.84. The van der Waals surface area contributed by atoms with Gasteiger partial charge >= 0.3 is 6.03 Å². The van der Waals surface area contributed by atoms with Crippen molar-refractivity contribution in [1.82, 2.24) is 5.43 Å². The number of nitrogens with two attached hydrogens (primary N) is 1. The number of hydrogen-bond donors (Lipinski definition) is 2. The van der Waals surface area contributed by atoms with Gasteiger partial charge in [-0.05, 0) is 30.7 Å². The second-order valence-corrected chi connectivity index (χ2v) is 3.08. The standard InChI is InChI=1S/C11H15N3O3/c1-3-17-10-6-8(4-5-9(10)16-2)7-13-14-11(12)15/h4-7H,3H2,1-2H3,(H3,12,14,15). The molecule has 1 aromatic carbocycles. The van der Waals surface area contributed by atoms with Crippen LogP contribution in [0.3, 0.4) is 0 Å². The molecule has 0 aromatic heterocycles. The van der Waals surface area contributed by atoms with Crippen LogP contribution in [0, 0.1) is 0 Å². The highest BCUT2D eigenvalue weighted by Gasteiger charge is 2.03. The molecule has 0 unspecified atom stereocenters. The monoisotopic (exact) mass is 237 g/mol. The van der Waals surface area contributed by atoms with E-state index in [0.717, 1.165) is 5.56 Å². The molecule has 0 saturated carbocycles. The average molecular weight is 237 g/mol. The topological polar surface area (TPSA) is 85.9 Å². The Morgan fingerprint density at radius 3 is 2.88 bits per heavy atom. The fourth-order valence-corrected chi connectivity index (χ4v) is 1.21. The van der Waals surface area contributed by atoms with E-state index in [4.69, 9.17) is 15.2 Å². The maximum atomic E-state index is 10.4. The van der Waals surface area contributed by atoms with E-state index in [0.29, 0.717) is 18.1 Å². The van der Waals surface area contributed by atoms with Gasteiger partial charge in [0.2, 0.25) is 0 Å². The number of nitrogens with one attached hydrogen (secondary N) is 1. The number of urea groups is 1. The Bertz CT molecular complexity index is 418. The first-order chi connectivity index (χ1) is 8.17. The highest BCUT2D eigenvalue weighted by molar-refractivity contribution is 5.82. The van der Waals surface area contributed by atoms with Gasteiger partial charge in [0.25, 0.3) is 0 Å². The Labute approximate surface area is 99.4 Å². The molecule has 0 aliphatic rings. The third-order valence-electron chi connectivity index (χ3n) is 1.88. The number of hydrogen-bond acceptors (Lipinski definition) is 4. The van der Waals surface area contributed by atoms with Crippen LogP contribution in [-0.4, -0.2) is 26.0 Å². The summed E-state index contributed by atoms with van der Waals surface area (Å²) in [6.45, 7) is 2.42. The molecule has 0 heterocycles. The zero-order chi connectivity index (χ0) is 12.7. The van der Waals surface area contributed by atoms with E-state index in [1.807, 2.05) is 6.92 Å². The van der Waals surface area contributed by atoms with Gasteiger partial charge in [0.15, 0.2) is 11.5 Å². The Hall–Kier alpha value is -2.24. The summed E-state index contributed by atoms with van der Waals surface area (Å²) in [5.41, 5.74) is 7.75. The van der Waals surface area contributed by atoms with E-state index >= 15 is 0 Å². The first-order valence-electron chi connectivity index (χ1n) is 5.06. The van der Waals surface area contributed by atoms with Crippen molar-refractivity contribution in [2.24, 2.45) is 10.8 Å². The van der Waals surface area contributed by atoms with E-state index in [2.05, 4.69) is 10.5 Å². The lowest BCUT2D eigenvalue weighted by Crippen LogP contribution is -2.24. The van der Waals surface area contributed by atoms with E-state index < -0.39 is 6.03 Å². The molecule has 0 spiro atoms. The lowest BCUT2D eigenvalue weighted by Gasteiger charge is -2.09. The van der Waals surface area contributed by atoms with Gasteiger partial charge in [0, 0.05) is 0 Å². The highest BCUT2D eigenvalue weighted by atomic mass is 16.5. The molecule has 0 radical (unpaired) electrons. The molecule has 0 saturated heterocycles. The van der Waals surface area contributed by atoms with E-state index in [1.165, 1.54) is 6.21 Å². The predicted molar refractivity (Wildman–Crippen MR) is 64.5 cm³/mol. The summed E-state index contributed by atoms with van der Waals surface area (Å²) in [6, 6.07) is 4.60. The maximum Gasteiger partial charge on any atom is 0.332 e. The predicted octanol–water partition coefficient (Wildman–Crippen LogP) is 1.10. The molecular formula is C11H15N3O3. The summed E-state index contributed by atoms with van der Waals surface area (Å²) in [7, 11) is 1.57. The molecule has 6 nitrogen and oxygen atoms in total. The Kier molecular flexibility index (Phi) is 4.80. The number of ether oxygens (including phenoxy) is 2. The third kappa shape index (κ3) is 4.02. The minimum atomic E-state index is -0.709. The van der Waals surface area contributed by atoms with E-state index in [9.17, 15) is 4.79 Å². The van der Waals surface area contributed by atoms with Gasteiger partial charge in [-0.2, -0.15) is 5.10 Å². The lowest BCUT2D eigenvalue weighted by atomic mass is 10.2.